The van der Waals surface area contributed by atoms with Crippen molar-refractivity contribution in [3.05, 3.63) is 52.7 Å². The molecule has 2 aromatic carbocycles. The minimum absolute atomic E-state index is 0.0514. The molecule has 0 amide bonds. The average Bonchev–Trinajstić information content (AvgIpc) is 3.13. The summed E-state index contributed by atoms with van der Waals surface area (Å²) in [5.41, 5.74) is 1.91. The Morgan fingerprint density at radius 2 is 1.75 bits per heavy atom. The number of pyridine rings is 1. The Bertz CT molecular complexity index is 939. The highest BCUT2D eigenvalue weighted by atomic mass is 16.5. The first-order valence-electron chi connectivity index (χ1n) is 8.61. The van der Waals surface area contributed by atoms with Gasteiger partial charge in [0.25, 0.3) is 0 Å². The third kappa shape index (κ3) is 2.57. The molecule has 4 heteroatoms. The maximum absolute atomic E-state index is 13.0. The lowest BCUT2D eigenvalue weighted by molar-refractivity contribution is 0.239. The normalized spacial score (nSPS) is 15.4. The van der Waals surface area contributed by atoms with Crippen molar-refractivity contribution in [1.29, 1.82) is 0 Å². The summed E-state index contributed by atoms with van der Waals surface area (Å²) in [7, 11) is 2.00. The number of para-hydroxylation sites is 1. The fraction of sp³-hybridized carbons (Fsp3) is 0.350. The Kier molecular flexibility index (Phi) is 3.98. The highest BCUT2D eigenvalue weighted by molar-refractivity contribution is 5.96. The lowest BCUT2D eigenvalue weighted by atomic mass is 10.1. The molecule has 0 unspecified atom stereocenters. The zero-order valence-electron chi connectivity index (χ0n) is 14.0. The van der Waals surface area contributed by atoms with Gasteiger partial charge in [-0.2, -0.15) is 0 Å². The van der Waals surface area contributed by atoms with Crippen LogP contribution in [-0.4, -0.2) is 35.7 Å². The first-order valence-corrected chi connectivity index (χ1v) is 8.61. The summed E-state index contributed by atoms with van der Waals surface area (Å²) >= 11 is 0. The van der Waals surface area contributed by atoms with E-state index in [1.165, 1.54) is 12.8 Å². The summed E-state index contributed by atoms with van der Waals surface area (Å²) in [5.74, 6) is 0.693. The van der Waals surface area contributed by atoms with Gasteiger partial charge in [-0.3, -0.25) is 9.69 Å². The van der Waals surface area contributed by atoms with Crippen molar-refractivity contribution < 1.29 is 4.74 Å². The molecule has 4 rings (SSSR count). The molecular formula is C20H22N2O2. The predicted molar refractivity (Wildman–Crippen MR) is 97.9 cm³/mol. The van der Waals surface area contributed by atoms with E-state index in [0.29, 0.717) is 17.7 Å². The second-order valence-corrected chi connectivity index (χ2v) is 6.45. The van der Waals surface area contributed by atoms with Gasteiger partial charge in [0.05, 0.1) is 16.4 Å². The van der Waals surface area contributed by atoms with E-state index in [4.69, 9.17) is 4.74 Å². The van der Waals surface area contributed by atoms with Gasteiger partial charge in [-0.15, -0.1) is 0 Å². The van der Waals surface area contributed by atoms with Gasteiger partial charge in [-0.05, 0) is 50.2 Å². The van der Waals surface area contributed by atoms with E-state index in [2.05, 4.69) is 9.47 Å². The van der Waals surface area contributed by atoms with Crippen LogP contribution in [0.2, 0.25) is 0 Å². The molecule has 2 heterocycles. The van der Waals surface area contributed by atoms with Crippen LogP contribution in [0.3, 0.4) is 0 Å². The highest BCUT2D eigenvalue weighted by Crippen LogP contribution is 2.25. The van der Waals surface area contributed by atoms with Crippen LogP contribution in [0.4, 0.5) is 0 Å². The fourth-order valence-electron chi connectivity index (χ4n) is 3.66. The Hall–Kier alpha value is -2.33. The zero-order chi connectivity index (χ0) is 16.5. The zero-order valence-corrected chi connectivity index (χ0v) is 14.0. The number of aryl methyl sites for hydroxylation is 1. The summed E-state index contributed by atoms with van der Waals surface area (Å²) in [6.07, 6.45) is 2.56. The van der Waals surface area contributed by atoms with E-state index in [0.717, 1.165) is 36.1 Å². The number of likely N-dealkylation sites (tertiary alicyclic amines) is 1. The number of ether oxygens (including phenoxy) is 1. The SMILES string of the molecule is Cn1c2ccccc2c(=O)c2c(OCCN3CCCC3)cccc21. The molecule has 0 saturated carbocycles. The number of hydrogen-bond donors (Lipinski definition) is 0. The second kappa shape index (κ2) is 6.29. The Morgan fingerprint density at radius 3 is 2.58 bits per heavy atom. The molecule has 1 aliphatic heterocycles. The van der Waals surface area contributed by atoms with Crippen molar-refractivity contribution in [2.24, 2.45) is 7.05 Å². The molecule has 0 aliphatic carbocycles. The van der Waals surface area contributed by atoms with Crippen LogP contribution in [-0.2, 0) is 7.05 Å². The van der Waals surface area contributed by atoms with Crippen molar-refractivity contribution >= 4 is 21.8 Å². The molecule has 1 aliphatic rings. The van der Waals surface area contributed by atoms with Gasteiger partial charge in [0.1, 0.15) is 12.4 Å². The second-order valence-electron chi connectivity index (χ2n) is 6.45. The van der Waals surface area contributed by atoms with Gasteiger partial charge in [0.2, 0.25) is 5.43 Å². The standard InChI is InChI=1S/C20H22N2O2/c1-21-16-8-3-2-7-15(16)20(23)19-17(21)9-6-10-18(19)24-14-13-22-11-4-5-12-22/h2-3,6-10H,4-5,11-14H2,1H3. The molecule has 0 spiro atoms. The van der Waals surface area contributed by atoms with Crippen LogP contribution < -0.4 is 10.2 Å². The number of fused-ring (bicyclic) bond motifs is 2. The first kappa shape index (κ1) is 15.2. The number of hydrogen-bond acceptors (Lipinski definition) is 3. The molecular weight excluding hydrogens is 300 g/mol. The third-order valence-electron chi connectivity index (χ3n) is 4.97. The lowest BCUT2D eigenvalue weighted by Gasteiger charge is -2.17. The number of benzene rings is 2. The van der Waals surface area contributed by atoms with Crippen LogP contribution in [0.15, 0.2) is 47.3 Å². The smallest absolute Gasteiger partial charge is 0.200 e. The van der Waals surface area contributed by atoms with E-state index in [-0.39, 0.29) is 5.43 Å². The van der Waals surface area contributed by atoms with Gasteiger partial charge in [0, 0.05) is 19.0 Å². The molecule has 0 atom stereocenters. The average molecular weight is 322 g/mol. The number of aromatic nitrogens is 1. The van der Waals surface area contributed by atoms with Gasteiger partial charge >= 0.3 is 0 Å². The van der Waals surface area contributed by atoms with Crippen molar-refractivity contribution in [1.82, 2.24) is 9.47 Å². The van der Waals surface area contributed by atoms with Crippen molar-refractivity contribution in [2.45, 2.75) is 12.8 Å². The Morgan fingerprint density at radius 1 is 1.00 bits per heavy atom. The molecule has 1 fully saturated rings. The monoisotopic (exact) mass is 322 g/mol. The quantitative estimate of drug-likeness (QED) is 0.692. The van der Waals surface area contributed by atoms with Gasteiger partial charge < -0.3 is 9.30 Å². The Balaban J connectivity index is 1.74. The third-order valence-corrected chi connectivity index (χ3v) is 4.97. The molecule has 124 valence electrons. The lowest BCUT2D eigenvalue weighted by Crippen LogP contribution is -2.25. The number of nitrogens with zero attached hydrogens (tertiary/aromatic N) is 2. The molecule has 0 N–H and O–H groups in total. The van der Waals surface area contributed by atoms with Crippen LogP contribution in [0, 0.1) is 0 Å². The highest BCUT2D eigenvalue weighted by Gasteiger charge is 2.14. The first-order chi connectivity index (χ1) is 11.8. The van der Waals surface area contributed by atoms with Crippen molar-refractivity contribution in [3.63, 3.8) is 0 Å². The molecule has 4 nitrogen and oxygen atoms in total. The summed E-state index contributed by atoms with van der Waals surface area (Å²) in [6, 6.07) is 13.6. The van der Waals surface area contributed by atoms with Gasteiger partial charge in [-0.25, -0.2) is 0 Å². The van der Waals surface area contributed by atoms with Crippen LogP contribution >= 0.6 is 0 Å². The predicted octanol–water partition coefficient (Wildman–Crippen LogP) is 3.17. The van der Waals surface area contributed by atoms with Crippen molar-refractivity contribution in [2.75, 3.05) is 26.2 Å². The maximum Gasteiger partial charge on any atom is 0.200 e. The Labute approximate surface area is 141 Å². The van der Waals surface area contributed by atoms with Crippen molar-refractivity contribution in [3.8, 4) is 5.75 Å². The minimum atomic E-state index is 0.0514. The van der Waals surface area contributed by atoms with Crippen LogP contribution in [0.25, 0.3) is 21.8 Å². The molecule has 0 bridgehead atoms. The molecule has 1 saturated heterocycles. The molecule has 0 radical (unpaired) electrons. The van der Waals surface area contributed by atoms with Crippen LogP contribution in [0.1, 0.15) is 12.8 Å². The minimum Gasteiger partial charge on any atom is -0.491 e. The molecule has 3 aromatic rings. The summed E-state index contributed by atoms with van der Waals surface area (Å²) < 4.78 is 8.08. The van der Waals surface area contributed by atoms with E-state index in [1.807, 2.05) is 49.5 Å². The van der Waals surface area contributed by atoms with E-state index >= 15 is 0 Å². The largest absolute Gasteiger partial charge is 0.491 e. The van der Waals surface area contributed by atoms with Gasteiger partial charge in [-0.1, -0.05) is 18.2 Å². The van der Waals surface area contributed by atoms with E-state index < -0.39 is 0 Å². The van der Waals surface area contributed by atoms with Gasteiger partial charge in [0.15, 0.2) is 0 Å². The maximum atomic E-state index is 13.0. The van der Waals surface area contributed by atoms with E-state index in [1.54, 1.807) is 0 Å². The van der Waals surface area contributed by atoms with Crippen LogP contribution in [0.5, 0.6) is 5.75 Å². The topological polar surface area (TPSA) is 34.5 Å². The number of rotatable bonds is 4. The molecule has 24 heavy (non-hydrogen) atoms. The summed E-state index contributed by atoms with van der Waals surface area (Å²) in [4.78, 5) is 15.4. The van der Waals surface area contributed by atoms with E-state index in [9.17, 15) is 4.79 Å². The summed E-state index contributed by atoms with van der Waals surface area (Å²) in [6.45, 7) is 3.86. The summed E-state index contributed by atoms with van der Waals surface area (Å²) in [5, 5.41) is 1.42. The fourth-order valence-corrected chi connectivity index (χ4v) is 3.66. The molecule has 1 aromatic heterocycles.